The molecule has 4 aliphatic carbocycles. The van der Waals surface area contributed by atoms with Crippen molar-refractivity contribution < 1.29 is 4.79 Å². The van der Waals surface area contributed by atoms with Crippen molar-refractivity contribution in [1.82, 2.24) is 0 Å². The molecule has 1 nitrogen and oxygen atoms in total. The fraction of sp³-hybridized carbons (Fsp3) is 0.842. The first-order valence-corrected chi connectivity index (χ1v) is 8.78. The molecule has 3 fully saturated rings. The summed E-state index contributed by atoms with van der Waals surface area (Å²) >= 11 is 0. The van der Waals surface area contributed by atoms with Crippen LogP contribution in [0.1, 0.15) is 71.6 Å². The van der Waals surface area contributed by atoms with E-state index in [9.17, 15) is 4.79 Å². The molecule has 0 aromatic rings. The fourth-order valence-electron chi connectivity index (χ4n) is 6.47. The van der Waals surface area contributed by atoms with Crippen molar-refractivity contribution in [2.24, 2.45) is 28.6 Å². The van der Waals surface area contributed by atoms with Crippen molar-refractivity contribution in [1.29, 1.82) is 0 Å². The van der Waals surface area contributed by atoms with Crippen molar-refractivity contribution in [2.75, 3.05) is 0 Å². The van der Waals surface area contributed by atoms with Crippen LogP contribution >= 0.6 is 0 Å². The van der Waals surface area contributed by atoms with E-state index < -0.39 is 0 Å². The Kier molecular flexibility index (Phi) is 2.76. The number of hydrogen-bond donors (Lipinski definition) is 0. The number of fused-ring (bicyclic) bond motifs is 5. The van der Waals surface area contributed by atoms with E-state index >= 15 is 0 Å². The van der Waals surface area contributed by atoms with E-state index in [2.05, 4.69) is 19.9 Å². The standard InChI is InChI=1S/C19H28O/c1-18-11-4-3-5-13(18)6-7-14-15-8-9-17(20)19(15,2)12-10-16(14)18/h6,14-16H,3-5,7-12H2,1-2H3/t14-,15-,16-,18+,19-/m0/s1. The van der Waals surface area contributed by atoms with Gasteiger partial charge in [-0.15, -0.1) is 0 Å². The van der Waals surface area contributed by atoms with Gasteiger partial charge in [-0.1, -0.05) is 31.9 Å². The summed E-state index contributed by atoms with van der Waals surface area (Å²) < 4.78 is 0. The number of allylic oxidation sites excluding steroid dienone is 2. The van der Waals surface area contributed by atoms with Crippen LogP contribution < -0.4 is 0 Å². The monoisotopic (exact) mass is 272 g/mol. The molecule has 3 saturated carbocycles. The van der Waals surface area contributed by atoms with Gasteiger partial charge in [0, 0.05) is 11.8 Å². The number of Topliss-reactive ketones (excluding diaryl/α,β-unsaturated/α-hetero) is 1. The van der Waals surface area contributed by atoms with Crippen molar-refractivity contribution in [3.63, 3.8) is 0 Å². The average Bonchev–Trinajstić information content (AvgIpc) is 2.74. The van der Waals surface area contributed by atoms with Gasteiger partial charge in [0.25, 0.3) is 0 Å². The van der Waals surface area contributed by atoms with Gasteiger partial charge in [0.05, 0.1) is 0 Å². The molecule has 110 valence electrons. The van der Waals surface area contributed by atoms with Gasteiger partial charge in [-0.25, -0.2) is 0 Å². The summed E-state index contributed by atoms with van der Waals surface area (Å²) in [4.78, 5) is 12.4. The molecule has 0 heterocycles. The zero-order valence-electron chi connectivity index (χ0n) is 13.1. The molecule has 0 saturated heterocycles. The summed E-state index contributed by atoms with van der Waals surface area (Å²) in [6.45, 7) is 4.83. The van der Waals surface area contributed by atoms with Gasteiger partial charge in [-0.2, -0.15) is 0 Å². The van der Waals surface area contributed by atoms with E-state index in [1.54, 1.807) is 5.57 Å². The molecule has 0 aromatic heterocycles. The van der Waals surface area contributed by atoms with E-state index in [0.717, 1.165) is 18.3 Å². The molecule has 1 heteroatoms. The smallest absolute Gasteiger partial charge is 0.139 e. The summed E-state index contributed by atoms with van der Waals surface area (Å²) in [5.74, 6) is 2.92. The zero-order valence-corrected chi connectivity index (χ0v) is 13.1. The van der Waals surface area contributed by atoms with Crippen molar-refractivity contribution in [2.45, 2.75) is 71.6 Å². The van der Waals surface area contributed by atoms with Crippen molar-refractivity contribution in [3.8, 4) is 0 Å². The first kappa shape index (κ1) is 13.1. The predicted octanol–water partition coefficient (Wildman–Crippen LogP) is 4.91. The molecule has 0 unspecified atom stereocenters. The number of ketones is 1. The predicted molar refractivity (Wildman–Crippen MR) is 81.3 cm³/mol. The normalized spacial score (nSPS) is 51.0. The third-order valence-corrected chi connectivity index (χ3v) is 7.73. The van der Waals surface area contributed by atoms with Gasteiger partial charge >= 0.3 is 0 Å². The quantitative estimate of drug-likeness (QED) is 0.573. The summed E-state index contributed by atoms with van der Waals surface area (Å²) in [5.41, 5.74) is 2.30. The highest BCUT2D eigenvalue weighted by Crippen LogP contribution is 2.63. The highest BCUT2D eigenvalue weighted by Gasteiger charge is 2.58. The van der Waals surface area contributed by atoms with Gasteiger partial charge in [-0.3, -0.25) is 4.79 Å². The lowest BCUT2D eigenvalue weighted by atomic mass is 9.48. The SMILES string of the molecule is C[C@]12CC[C@H]3[C@@H](CC=C4CCCC[C@]43C)[C@@H]1CCC2=O. The molecule has 0 radical (unpaired) electrons. The van der Waals surface area contributed by atoms with Crippen LogP contribution in [0.4, 0.5) is 0 Å². The van der Waals surface area contributed by atoms with Crippen LogP contribution in [-0.2, 0) is 4.79 Å². The Morgan fingerprint density at radius 2 is 1.80 bits per heavy atom. The topological polar surface area (TPSA) is 17.1 Å². The molecule has 4 aliphatic rings. The van der Waals surface area contributed by atoms with E-state index in [-0.39, 0.29) is 5.41 Å². The lowest BCUT2D eigenvalue weighted by Crippen LogP contribution is -2.49. The Morgan fingerprint density at radius 3 is 2.65 bits per heavy atom. The van der Waals surface area contributed by atoms with Crippen LogP contribution in [0.2, 0.25) is 0 Å². The van der Waals surface area contributed by atoms with Crippen LogP contribution in [0.15, 0.2) is 11.6 Å². The zero-order chi connectivity index (χ0) is 14.0. The summed E-state index contributed by atoms with van der Waals surface area (Å²) in [7, 11) is 0. The second kappa shape index (κ2) is 4.21. The van der Waals surface area contributed by atoms with Gasteiger partial charge in [-0.05, 0) is 68.1 Å². The minimum absolute atomic E-state index is 0.0392. The van der Waals surface area contributed by atoms with E-state index in [1.807, 2.05) is 0 Å². The van der Waals surface area contributed by atoms with Crippen molar-refractivity contribution in [3.05, 3.63) is 11.6 Å². The second-order valence-corrected chi connectivity index (χ2v) is 8.38. The largest absolute Gasteiger partial charge is 0.299 e. The highest BCUT2D eigenvalue weighted by atomic mass is 16.1. The Bertz CT molecular complexity index is 476. The third kappa shape index (κ3) is 1.53. The molecule has 20 heavy (non-hydrogen) atoms. The van der Waals surface area contributed by atoms with Crippen LogP contribution in [-0.4, -0.2) is 5.78 Å². The Balaban J connectivity index is 1.71. The lowest BCUT2D eigenvalue weighted by molar-refractivity contribution is -0.131. The highest BCUT2D eigenvalue weighted by molar-refractivity contribution is 5.87. The summed E-state index contributed by atoms with van der Waals surface area (Å²) in [5, 5.41) is 0. The number of hydrogen-bond acceptors (Lipinski definition) is 1. The summed E-state index contributed by atoms with van der Waals surface area (Å²) in [6, 6.07) is 0. The molecule has 0 aromatic carbocycles. The molecule has 4 rings (SSSR count). The Hall–Kier alpha value is -0.590. The minimum atomic E-state index is 0.0392. The Labute approximate surface area is 123 Å². The number of carbonyl (C=O) groups excluding carboxylic acids is 1. The van der Waals surface area contributed by atoms with Gasteiger partial charge < -0.3 is 0 Å². The van der Waals surface area contributed by atoms with Gasteiger partial charge in [0.15, 0.2) is 0 Å². The van der Waals surface area contributed by atoms with E-state index in [1.165, 1.54) is 51.4 Å². The second-order valence-electron chi connectivity index (χ2n) is 8.38. The number of carbonyl (C=O) groups is 1. The first-order valence-electron chi connectivity index (χ1n) is 8.78. The maximum Gasteiger partial charge on any atom is 0.139 e. The molecular formula is C19H28O. The molecule has 0 N–H and O–H groups in total. The van der Waals surface area contributed by atoms with Gasteiger partial charge in [0.2, 0.25) is 0 Å². The minimum Gasteiger partial charge on any atom is -0.299 e. The van der Waals surface area contributed by atoms with E-state index in [4.69, 9.17) is 0 Å². The Morgan fingerprint density at radius 1 is 1.00 bits per heavy atom. The lowest BCUT2D eigenvalue weighted by Gasteiger charge is -2.56. The average molecular weight is 272 g/mol. The molecular weight excluding hydrogens is 244 g/mol. The van der Waals surface area contributed by atoms with Crippen LogP contribution in [0.3, 0.4) is 0 Å². The molecule has 0 aliphatic heterocycles. The summed E-state index contributed by atoms with van der Waals surface area (Å²) in [6.07, 6.45) is 13.9. The van der Waals surface area contributed by atoms with Crippen LogP contribution in [0.5, 0.6) is 0 Å². The van der Waals surface area contributed by atoms with Gasteiger partial charge in [0.1, 0.15) is 5.78 Å². The first-order chi connectivity index (χ1) is 9.56. The number of rotatable bonds is 0. The van der Waals surface area contributed by atoms with E-state index in [0.29, 0.717) is 17.1 Å². The molecule has 0 spiro atoms. The maximum absolute atomic E-state index is 12.4. The fourth-order valence-corrected chi connectivity index (χ4v) is 6.47. The maximum atomic E-state index is 12.4. The van der Waals surface area contributed by atoms with Crippen LogP contribution in [0.25, 0.3) is 0 Å². The van der Waals surface area contributed by atoms with Crippen molar-refractivity contribution >= 4 is 5.78 Å². The third-order valence-electron chi connectivity index (χ3n) is 7.73. The molecule has 0 bridgehead atoms. The molecule has 5 atom stereocenters. The molecule has 0 amide bonds. The van der Waals surface area contributed by atoms with Crippen LogP contribution in [0, 0.1) is 28.6 Å².